The highest BCUT2D eigenvalue weighted by Gasteiger charge is 2.15. The number of carbonyl (C=O) groups is 3. The lowest BCUT2D eigenvalue weighted by Gasteiger charge is -2.15. The number of benzene rings is 2. The Labute approximate surface area is 165 Å². The van der Waals surface area contributed by atoms with Crippen LogP contribution in [0.4, 0.5) is 5.69 Å². The predicted octanol–water partition coefficient (Wildman–Crippen LogP) is 3.83. The van der Waals surface area contributed by atoms with E-state index in [1.165, 1.54) is 0 Å². The van der Waals surface area contributed by atoms with Crippen LogP contribution in [0, 0.1) is 0 Å². The normalized spacial score (nSPS) is 11.4. The number of para-hydroxylation sites is 1. The number of ether oxygens (including phenoxy) is 1. The van der Waals surface area contributed by atoms with Crippen molar-refractivity contribution in [3.8, 4) is 5.75 Å². The van der Waals surface area contributed by atoms with E-state index in [0.717, 1.165) is 6.42 Å². The van der Waals surface area contributed by atoms with E-state index in [1.807, 2.05) is 13.8 Å². The average Bonchev–Trinajstić information content (AvgIpc) is 2.72. The van der Waals surface area contributed by atoms with E-state index >= 15 is 0 Å². The molecule has 0 fully saturated rings. The van der Waals surface area contributed by atoms with Gasteiger partial charge in [-0.1, -0.05) is 26.0 Å². The first kappa shape index (κ1) is 21.2. The number of carbonyl (C=O) groups excluding carboxylic acids is 3. The van der Waals surface area contributed by atoms with Crippen LogP contribution in [-0.2, 0) is 4.79 Å². The summed E-state index contributed by atoms with van der Waals surface area (Å²) in [5.74, 6) is -0.0676. The van der Waals surface area contributed by atoms with Gasteiger partial charge < -0.3 is 15.4 Å². The Morgan fingerprint density at radius 2 is 1.68 bits per heavy atom. The van der Waals surface area contributed by atoms with Crippen molar-refractivity contribution in [2.75, 3.05) is 11.9 Å². The van der Waals surface area contributed by atoms with Crippen molar-refractivity contribution in [3.63, 3.8) is 0 Å². The molecule has 0 spiro atoms. The molecule has 2 amide bonds. The first-order valence-electron chi connectivity index (χ1n) is 9.40. The molecule has 0 aliphatic heterocycles. The lowest BCUT2D eigenvalue weighted by Crippen LogP contribution is -2.33. The molecular weight excluding hydrogens is 356 g/mol. The van der Waals surface area contributed by atoms with Gasteiger partial charge in [0.05, 0.1) is 11.3 Å². The Morgan fingerprint density at radius 3 is 2.32 bits per heavy atom. The third-order valence-corrected chi connectivity index (χ3v) is 4.30. The molecular formula is C22H26N2O4. The summed E-state index contributed by atoms with van der Waals surface area (Å²) in [6.07, 6.45) is 1.25. The summed E-state index contributed by atoms with van der Waals surface area (Å²) in [5.41, 5.74) is 1.44. The van der Waals surface area contributed by atoms with Gasteiger partial charge in [0.2, 0.25) is 0 Å². The maximum absolute atomic E-state index is 12.4. The quantitative estimate of drug-likeness (QED) is 0.646. The molecule has 6 heteroatoms. The molecule has 1 atom stereocenters. The highest BCUT2D eigenvalue weighted by Crippen LogP contribution is 2.16. The van der Waals surface area contributed by atoms with E-state index in [1.54, 1.807) is 55.5 Å². The number of anilines is 1. The Kier molecular flexibility index (Phi) is 7.75. The lowest BCUT2D eigenvalue weighted by molar-refractivity contribution is -0.118. The summed E-state index contributed by atoms with van der Waals surface area (Å²) in [7, 11) is 0. The van der Waals surface area contributed by atoms with Crippen LogP contribution < -0.4 is 15.4 Å². The fraction of sp³-hybridized carbons (Fsp3) is 0.318. The van der Waals surface area contributed by atoms with Crippen molar-refractivity contribution in [1.82, 2.24) is 5.32 Å². The number of Topliss-reactive ketones (excluding diaryl/α,β-unsaturated/α-hetero) is 1. The first-order valence-corrected chi connectivity index (χ1v) is 9.40. The van der Waals surface area contributed by atoms with Crippen molar-refractivity contribution < 1.29 is 19.1 Å². The van der Waals surface area contributed by atoms with E-state index in [0.29, 0.717) is 29.0 Å². The van der Waals surface area contributed by atoms with Crippen LogP contribution in [0.5, 0.6) is 5.75 Å². The summed E-state index contributed by atoms with van der Waals surface area (Å²) in [5, 5.41) is 5.60. The Morgan fingerprint density at radius 1 is 1.00 bits per heavy atom. The standard InChI is InChI=1S/C22H26N2O4/c1-4-15(3)23-22(27)18-8-6-7-9-19(18)24-21(26)14-28-17-12-10-16(11-13-17)20(25)5-2/h6-13,15H,4-5,14H2,1-3H3,(H,23,27)(H,24,26)/t15-/m1/s1. The first-order chi connectivity index (χ1) is 13.4. The molecule has 0 saturated carbocycles. The SMILES string of the molecule is CCC(=O)c1ccc(OCC(=O)Nc2ccccc2C(=O)N[C@H](C)CC)cc1. The van der Waals surface area contributed by atoms with Gasteiger partial charge in [-0.05, 0) is 49.7 Å². The molecule has 148 valence electrons. The second kappa shape index (κ2) is 10.3. The minimum Gasteiger partial charge on any atom is -0.484 e. The molecule has 28 heavy (non-hydrogen) atoms. The molecule has 6 nitrogen and oxygen atoms in total. The molecule has 0 unspecified atom stereocenters. The zero-order valence-electron chi connectivity index (χ0n) is 16.5. The number of nitrogens with one attached hydrogen (secondary N) is 2. The van der Waals surface area contributed by atoms with E-state index in [2.05, 4.69) is 10.6 Å². The lowest BCUT2D eigenvalue weighted by atomic mass is 10.1. The molecule has 0 radical (unpaired) electrons. The van der Waals surface area contributed by atoms with Crippen LogP contribution in [0.2, 0.25) is 0 Å². The molecule has 2 rings (SSSR count). The summed E-state index contributed by atoms with van der Waals surface area (Å²) < 4.78 is 5.47. The molecule has 2 N–H and O–H groups in total. The minimum atomic E-state index is -0.377. The zero-order valence-corrected chi connectivity index (χ0v) is 16.5. The van der Waals surface area contributed by atoms with Crippen LogP contribution in [0.15, 0.2) is 48.5 Å². The summed E-state index contributed by atoms with van der Waals surface area (Å²) in [4.78, 5) is 36.3. The van der Waals surface area contributed by atoms with Gasteiger partial charge >= 0.3 is 0 Å². The maximum atomic E-state index is 12.4. The van der Waals surface area contributed by atoms with Gasteiger partial charge in [0, 0.05) is 18.0 Å². The van der Waals surface area contributed by atoms with Gasteiger partial charge in [0.25, 0.3) is 11.8 Å². The monoisotopic (exact) mass is 382 g/mol. The molecule has 0 aliphatic rings. The Hall–Kier alpha value is -3.15. The summed E-state index contributed by atoms with van der Waals surface area (Å²) in [6, 6.07) is 13.5. The number of amides is 2. The van der Waals surface area contributed by atoms with Crippen molar-refractivity contribution >= 4 is 23.3 Å². The summed E-state index contributed by atoms with van der Waals surface area (Å²) in [6.45, 7) is 5.51. The average molecular weight is 382 g/mol. The number of hydrogen-bond donors (Lipinski definition) is 2. The molecule has 2 aromatic carbocycles. The topological polar surface area (TPSA) is 84.5 Å². The fourth-order valence-electron chi connectivity index (χ4n) is 2.47. The van der Waals surface area contributed by atoms with Gasteiger partial charge in [0.15, 0.2) is 12.4 Å². The largest absolute Gasteiger partial charge is 0.484 e. The Bertz CT molecular complexity index is 831. The second-order valence-corrected chi connectivity index (χ2v) is 6.47. The van der Waals surface area contributed by atoms with E-state index < -0.39 is 0 Å². The number of rotatable bonds is 9. The van der Waals surface area contributed by atoms with Crippen LogP contribution in [-0.4, -0.2) is 30.2 Å². The predicted molar refractivity (Wildman–Crippen MR) is 109 cm³/mol. The molecule has 0 aliphatic carbocycles. The number of ketones is 1. The smallest absolute Gasteiger partial charge is 0.262 e. The Balaban J connectivity index is 1.96. The van der Waals surface area contributed by atoms with Crippen LogP contribution >= 0.6 is 0 Å². The van der Waals surface area contributed by atoms with Crippen molar-refractivity contribution in [2.45, 2.75) is 39.7 Å². The van der Waals surface area contributed by atoms with Gasteiger partial charge in [-0.15, -0.1) is 0 Å². The van der Waals surface area contributed by atoms with Crippen molar-refractivity contribution in [2.24, 2.45) is 0 Å². The van der Waals surface area contributed by atoms with E-state index in [-0.39, 0.29) is 30.2 Å². The van der Waals surface area contributed by atoms with Crippen molar-refractivity contribution in [1.29, 1.82) is 0 Å². The third-order valence-electron chi connectivity index (χ3n) is 4.30. The second-order valence-electron chi connectivity index (χ2n) is 6.47. The zero-order chi connectivity index (χ0) is 20.5. The van der Waals surface area contributed by atoms with Crippen LogP contribution in [0.25, 0.3) is 0 Å². The summed E-state index contributed by atoms with van der Waals surface area (Å²) >= 11 is 0. The van der Waals surface area contributed by atoms with Crippen LogP contribution in [0.3, 0.4) is 0 Å². The van der Waals surface area contributed by atoms with Gasteiger partial charge in [-0.3, -0.25) is 14.4 Å². The molecule has 0 saturated heterocycles. The minimum absolute atomic E-state index is 0.0437. The van der Waals surface area contributed by atoms with Gasteiger partial charge in [-0.2, -0.15) is 0 Å². The maximum Gasteiger partial charge on any atom is 0.262 e. The number of hydrogen-bond acceptors (Lipinski definition) is 4. The van der Waals surface area contributed by atoms with Crippen LogP contribution in [0.1, 0.15) is 54.3 Å². The highest BCUT2D eigenvalue weighted by atomic mass is 16.5. The van der Waals surface area contributed by atoms with E-state index in [4.69, 9.17) is 4.74 Å². The fourth-order valence-corrected chi connectivity index (χ4v) is 2.47. The third kappa shape index (κ3) is 5.94. The molecule has 0 bridgehead atoms. The molecule has 2 aromatic rings. The van der Waals surface area contributed by atoms with Crippen molar-refractivity contribution in [3.05, 3.63) is 59.7 Å². The van der Waals surface area contributed by atoms with Gasteiger partial charge in [-0.25, -0.2) is 0 Å². The van der Waals surface area contributed by atoms with E-state index in [9.17, 15) is 14.4 Å². The molecule has 0 heterocycles. The molecule has 0 aromatic heterocycles. The van der Waals surface area contributed by atoms with Gasteiger partial charge in [0.1, 0.15) is 5.75 Å². The highest BCUT2D eigenvalue weighted by molar-refractivity contribution is 6.04.